The first-order valence-electron chi connectivity index (χ1n) is 6.37. The van der Waals surface area contributed by atoms with Crippen LogP contribution >= 0.6 is 23.5 Å². The van der Waals surface area contributed by atoms with Crippen LogP contribution in [0, 0.1) is 0 Å². The third kappa shape index (κ3) is 5.95. The quantitative estimate of drug-likeness (QED) is 0.668. The van der Waals surface area contributed by atoms with Gasteiger partial charge in [0.2, 0.25) is 0 Å². The Hall–Kier alpha value is -0.560. The van der Waals surface area contributed by atoms with E-state index in [1.54, 1.807) is 11.8 Å². The van der Waals surface area contributed by atoms with E-state index in [2.05, 4.69) is 17.6 Å². The second-order valence-electron chi connectivity index (χ2n) is 4.90. The second-order valence-corrected chi connectivity index (χ2v) is 7.57. The van der Waals surface area contributed by atoms with Gasteiger partial charge in [0.1, 0.15) is 6.04 Å². The topological polar surface area (TPSA) is 78.4 Å². The van der Waals surface area contributed by atoms with Gasteiger partial charge >= 0.3 is 12.0 Å². The van der Waals surface area contributed by atoms with Gasteiger partial charge in [-0.2, -0.15) is 23.5 Å². The third-order valence-corrected chi connectivity index (χ3v) is 5.32. The van der Waals surface area contributed by atoms with Crippen molar-refractivity contribution in [1.29, 1.82) is 0 Å². The van der Waals surface area contributed by atoms with E-state index in [0.717, 1.165) is 12.2 Å². The largest absolute Gasteiger partial charge is 0.480 e. The predicted molar refractivity (Wildman–Crippen MR) is 81.1 cm³/mol. The Morgan fingerprint density at radius 3 is 2.79 bits per heavy atom. The van der Waals surface area contributed by atoms with Crippen LogP contribution < -0.4 is 10.6 Å². The van der Waals surface area contributed by atoms with Crippen LogP contribution in [0.25, 0.3) is 0 Å². The smallest absolute Gasteiger partial charge is 0.326 e. The van der Waals surface area contributed by atoms with Crippen molar-refractivity contribution in [2.24, 2.45) is 0 Å². The Balaban J connectivity index is 2.33. The van der Waals surface area contributed by atoms with Crippen molar-refractivity contribution in [1.82, 2.24) is 10.6 Å². The average molecular weight is 306 g/mol. The van der Waals surface area contributed by atoms with Gasteiger partial charge in [0, 0.05) is 11.3 Å². The molecule has 2 amide bonds. The summed E-state index contributed by atoms with van der Waals surface area (Å²) in [7, 11) is 0. The molecule has 2 unspecified atom stereocenters. The molecule has 110 valence electrons. The van der Waals surface area contributed by atoms with Gasteiger partial charge in [0.25, 0.3) is 0 Å². The molecular formula is C12H22N2O3S2. The van der Waals surface area contributed by atoms with Gasteiger partial charge in [0.05, 0.1) is 0 Å². The lowest BCUT2D eigenvalue weighted by atomic mass is 10.1. The highest BCUT2D eigenvalue weighted by Crippen LogP contribution is 2.36. The van der Waals surface area contributed by atoms with Crippen LogP contribution in [0.3, 0.4) is 0 Å². The summed E-state index contributed by atoms with van der Waals surface area (Å²) in [6.07, 6.45) is 4.62. The highest BCUT2D eigenvalue weighted by atomic mass is 32.2. The minimum absolute atomic E-state index is 0.0926. The number of amides is 2. The molecule has 2 atom stereocenters. The minimum atomic E-state index is -0.981. The monoisotopic (exact) mass is 306 g/mol. The lowest BCUT2D eigenvalue weighted by Crippen LogP contribution is -2.49. The summed E-state index contributed by atoms with van der Waals surface area (Å²) < 4.78 is 0.0926. The summed E-state index contributed by atoms with van der Waals surface area (Å²) in [5, 5.41) is 14.3. The van der Waals surface area contributed by atoms with Gasteiger partial charge < -0.3 is 15.7 Å². The summed E-state index contributed by atoms with van der Waals surface area (Å²) in [4.78, 5) is 22.7. The maximum atomic E-state index is 11.7. The SMILES string of the molecule is CSCCC(NC(=O)NCC1(C)CCCS1)C(=O)O. The summed E-state index contributed by atoms with van der Waals surface area (Å²) in [5.74, 6) is 0.862. The number of hydrogen-bond donors (Lipinski definition) is 3. The van der Waals surface area contributed by atoms with Crippen molar-refractivity contribution in [3.63, 3.8) is 0 Å². The molecule has 0 saturated carbocycles. The summed E-state index contributed by atoms with van der Waals surface area (Å²) in [6, 6.07) is -1.20. The number of carbonyl (C=O) groups excluding carboxylic acids is 1. The highest BCUT2D eigenvalue weighted by molar-refractivity contribution is 8.00. The Bertz CT molecular complexity index is 320. The summed E-state index contributed by atoms with van der Waals surface area (Å²) in [6.45, 7) is 2.71. The number of urea groups is 1. The molecular weight excluding hydrogens is 284 g/mol. The normalized spacial score (nSPS) is 23.9. The number of thioether (sulfide) groups is 2. The van der Waals surface area contributed by atoms with Gasteiger partial charge in [-0.15, -0.1) is 0 Å². The van der Waals surface area contributed by atoms with Gasteiger partial charge in [-0.3, -0.25) is 0 Å². The molecule has 3 N–H and O–H groups in total. The summed E-state index contributed by atoms with van der Waals surface area (Å²) in [5.41, 5.74) is 0. The molecule has 0 aliphatic carbocycles. The van der Waals surface area contributed by atoms with Crippen LogP contribution in [0.2, 0.25) is 0 Å². The first-order chi connectivity index (χ1) is 8.97. The molecule has 0 aromatic heterocycles. The number of nitrogens with one attached hydrogen (secondary N) is 2. The molecule has 1 aliphatic heterocycles. The fourth-order valence-corrected chi connectivity index (χ4v) is 3.66. The van der Waals surface area contributed by atoms with Crippen molar-refractivity contribution < 1.29 is 14.7 Å². The molecule has 5 nitrogen and oxygen atoms in total. The summed E-state index contributed by atoms with van der Waals surface area (Å²) >= 11 is 3.43. The number of aliphatic carboxylic acids is 1. The fourth-order valence-electron chi connectivity index (χ4n) is 1.95. The van der Waals surface area contributed by atoms with Gasteiger partial charge in [-0.25, -0.2) is 9.59 Å². The third-order valence-electron chi connectivity index (χ3n) is 3.14. The number of rotatable bonds is 7. The maximum absolute atomic E-state index is 11.7. The van der Waals surface area contributed by atoms with E-state index in [1.807, 2.05) is 18.0 Å². The average Bonchev–Trinajstić information content (AvgIpc) is 2.79. The predicted octanol–water partition coefficient (Wildman–Crippen LogP) is 1.78. The van der Waals surface area contributed by atoms with Gasteiger partial charge in [0.15, 0.2) is 0 Å². The van der Waals surface area contributed by atoms with Crippen molar-refractivity contribution in [2.75, 3.05) is 24.3 Å². The van der Waals surface area contributed by atoms with E-state index in [1.165, 1.54) is 6.42 Å². The molecule has 1 heterocycles. The van der Waals surface area contributed by atoms with E-state index in [-0.39, 0.29) is 10.8 Å². The standard InChI is InChI=1S/C12H22N2O3S2/c1-12(5-3-6-19-12)8-13-11(17)14-9(10(15)16)4-7-18-2/h9H,3-8H2,1-2H3,(H,15,16)(H2,13,14,17). The number of carboxylic acids is 1. The van der Waals surface area contributed by atoms with Crippen LogP contribution in [0.5, 0.6) is 0 Å². The Morgan fingerprint density at radius 1 is 1.53 bits per heavy atom. The molecule has 0 bridgehead atoms. The molecule has 0 radical (unpaired) electrons. The lowest BCUT2D eigenvalue weighted by molar-refractivity contribution is -0.139. The fraction of sp³-hybridized carbons (Fsp3) is 0.833. The van der Waals surface area contributed by atoms with E-state index in [4.69, 9.17) is 5.11 Å². The molecule has 1 fully saturated rings. The molecule has 0 aromatic rings. The number of hydrogen-bond acceptors (Lipinski definition) is 4. The van der Waals surface area contributed by atoms with Crippen LogP contribution in [-0.2, 0) is 4.79 Å². The van der Waals surface area contributed by atoms with E-state index in [9.17, 15) is 9.59 Å². The Morgan fingerprint density at radius 2 is 2.26 bits per heavy atom. The Labute approximate surface area is 122 Å². The van der Waals surface area contributed by atoms with E-state index in [0.29, 0.717) is 18.7 Å². The molecule has 0 aromatic carbocycles. The first kappa shape index (κ1) is 16.5. The molecule has 1 saturated heterocycles. The molecule has 0 spiro atoms. The molecule has 7 heteroatoms. The molecule has 19 heavy (non-hydrogen) atoms. The lowest BCUT2D eigenvalue weighted by Gasteiger charge is -2.23. The molecule has 1 aliphatic rings. The van der Waals surface area contributed by atoms with Crippen LogP contribution in [0.15, 0.2) is 0 Å². The van der Waals surface area contributed by atoms with Crippen LogP contribution in [0.1, 0.15) is 26.2 Å². The zero-order chi connectivity index (χ0) is 14.3. The zero-order valence-electron chi connectivity index (χ0n) is 11.4. The van der Waals surface area contributed by atoms with Crippen molar-refractivity contribution >= 4 is 35.5 Å². The maximum Gasteiger partial charge on any atom is 0.326 e. The molecule has 1 rings (SSSR count). The van der Waals surface area contributed by atoms with Crippen LogP contribution in [-0.4, -0.2) is 52.2 Å². The highest BCUT2D eigenvalue weighted by Gasteiger charge is 2.30. The zero-order valence-corrected chi connectivity index (χ0v) is 13.0. The number of carboxylic acid groups (broad SMARTS) is 1. The van der Waals surface area contributed by atoms with Crippen molar-refractivity contribution in [3.8, 4) is 0 Å². The van der Waals surface area contributed by atoms with Crippen molar-refractivity contribution in [2.45, 2.75) is 37.0 Å². The number of carbonyl (C=O) groups is 2. The second kappa shape index (κ2) is 7.89. The Kier molecular flexibility index (Phi) is 6.85. The van der Waals surface area contributed by atoms with Gasteiger partial charge in [-0.05, 0) is 43.9 Å². The van der Waals surface area contributed by atoms with E-state index >= 15 is 0 Å². The minimum Gasteiger partial charge on any atom is -0.480 e. The van der Waals surface area contributed by atoms with Crippen LogP contribution in [0.4, 0.5) is 4.79 Å². The van der Waals surface area contributed by atoms with E-state index < -0.39 is 12.0 Å². The van der Waals surface area contributed by atoms with Gasteiger partial charge in [-0.1, -0.05) is 0 Å². The first-order valence-corrected chi connectivity index (χ1v) is 8.75. The van der Waals surface area contributed by atoms with Crippen molar-refractivity contribution in [3.05, 3.63) is 0 Å².